The summed E-state index contributed by atoms with van der Waals surface area (Å²) >= 11 is 3.07. The molecule has 0 atom stereocenters. The van der Waals surface area contributed by atoms with Gasteiger partial charge in [-0.3, -0.25) is 9.48 Å². The first-order chi connectivity index (χ1) is 14.0. The molecule has 1 amide bonds. The van der Waals surface area contributed by atoms with Crippen molar-refractivity contribution in [1.82, 2.24) is 20.1 Å². The van der Waals surface area contributed by atoms with Gasteiger partial charge in [0.25, 0.3) is 5.91 Å². The molecule has 0 fully saturated rings. The number of carbonyl (C=O) groups is 1. The van der Waals surface area contributed by atoms with Gasteiger partial charge in [0.05, 0.1) is 22.8 Å². The summed E-state index contributed by atoms with van der Waals surface area (Å²) in [5, 5.41) is 10.6. The van der Waals surface area contributed by atoms with Crippen molar-refractivity contribution in [3.05, 3.63) is 80.9 Å². The number of thiazole rings is 1. The Labute approximate surface area is 178 Å². The lowest BCUT2D eigenvalue weighted by atomic mass is 10.2. The predicted octanol–water partition coefficient (Wildman–Crippen LogP) is 4.97. The molecule has 0 saturated heterocycles. The molecule has 0 saturated carbocycles. The second kappa shape index (κ2) is 8.31. The van der Waals surface area contributed by atoms with Crippen molar-refractivity contribution in [2.24, 2.45) is 0 Å². The molecule has 0 aliphatic heterocycles. The first kappa shape index (κ1) is 19.5. The van der Waals surface area contributed by atoms with Crippen molar-refractivity contribution < 1.29 is 4.79 Å². The minimum absolute atomic E-state index is 0.0857. The minimum atomic E-state index is -0.0857. The summed E-state index contributed by atoms with van der Waals surface area (Å²) in [5.74, 6) is -0.0857. The Bertz CT molecular complexity index is 1130. The monoisotopic (exact) mass is 422 g/mol. The molecule has 0 bridgehead atoms. The van der Waals surface area contributed by atoms with E-state index in [0.29, 0.717) is 11.4 Å². The van der Waals surface area contributed by atoms with E-state index in [-0.39, 0.29) is 5.91 Å². The van der Waals surface area contributed by atoms with E-state index in [4.69, 9.17) is 0 Å². The largest absolute Gasteiger partial charge is 0.347 e. The molecule has 0 spiro atoms. The van der Waals surface area contributed by atoms with Crippen LogP contribution in [0.3, 0.4) is 0 Å². The average Bonchev–Trinajstić information content (AvgIpc) is 3.42. The van der Waals surface area contributed by atoms with Gasteiger partial charge in [-0.25, -0.2) is 4.98 Å². The molecule has 1 aromatic carbocycles. The number of hydrogen-bond acceptors (Lipinski definition) is 5. The molecule has 7 heteroatoms. The normalized spacial score (nSPS) is 11.0. The number of aryl methyl sites for hydroxylation is 2. The van der Waals surface area contributed by atoms with Crippen molar-refractivity contribution >= 4 is 28.6 Å². The highest BCUT2D eigenvalue weighted by atomic mass is 32.1. The Morgan fingerprint density at radius 2 is 1.86 bits per heavy atom. The van der Waals surface area contributed by atoms with Crippen LogP contribution < -0.4 is 5.32 Å². The summed E-state index contributed by atoms with van der Waals surface area (Å²) in [6, 6.07) is 14.3. The molecule has 0 aliphatic rings. The number of nitrogens with zero attached hydrogens (tertiary/aromatic N) is 3. The Hall–Kier alpha value is -2.77. The van der Waals surface area contributed by atoms with E-state index in [1.165, 1.54) is 16.9 Å². The Morgan fingerprint density at radius 3 is 2.59 bits per heavy atom. The van der Waals surface area contributed by atoms with E-state index < -0.39 is 0 Å². The molecule has 0 radical (unpaired) electrons. The van der Waals surface area contributed by atoms with Gasteiger partial charge < -0.3 is 5.32 Å². The van der Waals surface area contributed by atoms with Gasteiger partial charge >= 0.3 is 0 Å². The van der Waals surface area contributed by atoms with Crippen LogP contribution in [0.25, 0.3) is 9.88 Å². The Balaban J connectivity index is 1.47. The van der Waals surface area contributed by atoms with E-state index >= 15 is 0 Å². The molecule has 3 aromatic heterocycles. The average molecular weight is 423 g/mol. The van der Waals surface area contributed by atoms with E-state index in [9.17, 15) is 4.79 Å². The van der Waals surface area contributed by atoms with Crippen LogP contribution in [0.5, 0.6) is 0 Å². The van der Waals surface area contributed by atoms with Crippen LogP contribution in [0.15, 0.2) is 47.8 Å². The van der Waals surface area contributed by atoms with Crippen LogP contribution in [-0.2, 0) is 13.1 Å². The van der Waals surface area contributed by atoms with Crippen molar-refractivity contribution in [2.75, 3.05) is 0 Å². The third kappa shape index (κ3) is 4.16. The maximum atomic E-state index is 12.8. The van der Waals surface area contributed by atoms with Crippen LogP contribution in [-0.4, -0.2) is 20.7 Å². The SMILES string of the molecule is Cc1nc(-c2cccs2)sc1C(=O)NCc1c(C)nn(Cc2ccccc2)c1C. The lowest BCUT2D eigenvalue weighted by molar-refractivity contribution is 0.0954. The van der Waals surface area contributed by atoms with Gasteiger partial charge in [0.2, 0.25) is 0 Å². The maximum absolute atomic E-state index is 12.8. The molecule has 1 N–H and O–H groups in total. The molecule has 4 aromatic rings. The van der Waals surface area contributed by atoms with Crippen LogP contribution in [0.1, 0.15) is 37.9 Å². The summed E-state index contributed by atoms with van der Waals surface area (Å²) in [4.78, 5) is 19.1. The molecule has 4 rings (SSSR count). The van der Waals surface area contributed by atoms with Gasteiger partial charge in [0.15, 0.2) is 0 Å². The van der Waals surface area contributed by atoms with Gasteiger partial charge in [-0.2, -0.15) is 5.10 Å². The zero-order valence-corrected chi connectivity index (χ0v) is 18.2. The van der Waals surface area contributed by atoms with Crippen molar-refractivity contribution in [3.8, 4) is 9.88 Å². The molecule has 3 heterocycles. The first-order valence-corrected chi connectivity index (χ1v) is 11.1. The first-order valence-electron chi connectivity index (χ1n) is 9.39. The summed E-state index contributed by atoms with van der Waals surface area (Å²) < 4.78 is 2.00. The Kier molecular flexibility index (Phi) is 5.60. The molecule has 148 valence electrons. The maximum Gasteiger partial charge on any atom is 0.263 e. The third-order valence-electron chi connectivity index (χ3n) is 4.87. The van der Waals surface area contributed by atoms with Gasteiger partial charge in [-0.15, -0.1) is 22.7 Å². The summed E-state index contributed by atoms with van der Waals surface area (Å²) in [5.41, 5.74) is 5.06. The highest BCUT2D eigenvalue weighted by molar-refractivity contribution is 7.22. The number of benzene rings is 1. The number of thiophene rings is 1. The van der Waals surface area contributed by atoms with Crippen molar-refractivity contribution in [3.63, 3.8) is 0 Å². The fraction of sp³-hybridized carbons (Fsp3) is 0.227. The standard InChI is InChI=1S/C22H22N4OS2/c1-14-18(16(3)26(25-14)13-17-8-5-4-6-9-17)12-23-21(27)20-15(2)24-22(29-20)19-10-7-11-28-19/h4-11H,12-13H2,1-3H3,(H,23,27). The third-order valence-corrected chi connectivity index (χ3v) is 7.06. The molecule has 29 heavy (non-hydrogen) atoms. The van der Waals surface area contributed by atoms with E-state index in [1.54, 1.807) is 11.3 Å². The van der Waals surface area contributed by atoms with E-state index in [2.05, 4.69) is 34.5 Å². The molecular weight excluding hydrogens is 400 g/mol. The molecular formula is C22H22N4OS2. The van der Waals surface area contributed by atoms with Crippen LogP contribution >= 0.6 is 22.7 Å². The van der Waals surface area contributed by atoms with Gasteiger partial charge in [0.1, 0.15) is 9.88 Å². The summed E-state index contributed by atoms with van der Waals surface area (Å²) in [7, 11) is 0. The second-order valence-corrected chi connectivity index (χ2v) is 8.83. The molecule has 0 unspecified atom stereocenters. The van der Waals surface area contributed by atoms with Crippen molar-refractivity contribution in [2.45, 2.75) is 33.9 Å². The fourth-order valence-electron chi connectivity index (χ4n) is 3.26. The molecule has 0 aliphatic carbocycles. The summed E-state index contributed by atoms with van der Waals surface area (Å²) in [6.07, 6.45) is 0. The summed E-state index contributed by atoms with van der Waals surface area (Å²) in [6.45, 7) is 7.10. The zero-order chi connectivity index (χ0) is 20.4. The van der Waals surface area contributed by atoms with Crippen molar-refractivity contribution in [1.29, 1.82) is 0 Å². The fourth-order valence-corrected chi connectivity index (χ4v) is 5.04. The molecule has 5 nitrogen and oxygen atoms in total. The topological polar surface area (TPSA) is 59.8 Å². The van der Waals surface area contributed by atoms with Crippen LogP contribution in [0.2, 0.25) is 0 Å². The number of carbonyl (C=O) groups excluding carboxylic acids is 1. The number of amides is 1. The van der Waals surface area contributed by atoms with Gasteiger partial charge in [-0.1, -0.05) is 36.4 Å². The number of nitrogens with one attached hydrogen (secondary N) is 1. The minimum Gasteiger partial charge on any atom is -0.347 e. The van der Waals surface area contributed by atoms with Crippen LogP contribution in [0, 0.1) is 20.8 Å². The quantitative estimate of drug-likeness (QED) is 0.477. The second-order valence-electron chi connectivity index (χ2n) is 6.89. The highest BCUT2D eigenvalue weighted by Gasteiger charge is 2.18. The smallest absolute Gasteiger partial charge is 0.263 e. The van der Waals surface area contributed by atoms with Gasteiger partial charge in [0, 0.05) is 17.8 Å². The van der Waals surface area contributed by atoms with E-state index in [1.807, 2.05) is 54.2 Å². The number of rotatable bonds is 6. The zero-order valence-electron chi connectivity index (χ0n) is 16.6. The highest BCUT2D eigenvalue weighted by Crippen LogP contribution is 2.31. The lowest BCUT2D eigenvalue weighted by Gasteiger charge is -2.07. The van der Waals surface area contributed by atoms with Crippen LogP contribution in [0.4, 0.5) is 0 Å². The van der Waals surface area contributed by atoms with Gasteiger partial charge in [-0.05, 0) is 37.8 Å². The predicted molar refractivity (Wildman–Crippen MR) is 119 cm³/mol. The number of hydrogen-bond donors (Lipinski definition) is 1. The Morgan fingerprint density at radius 1 is 1.07 bits per heavy atom. The lowest BCUT2D eigenvalue weighted by Crippen LogP contribution is -2.23. The van der Waals surface area contributed by atoms with E-state index in [0.717, 1.165) is 39.1 Å². The number of aromatic nitrogens is 3.